The van der Waals surface area contributed by atoms with Crippen molar-refractivity contribution in [2.45, 2.75) is 58.3 Å². The molecule has 0 N–H and O–H groups in total. The maximum Gasteiger partial charge on any atom is 0.134 e. The largest absolute Gasteiger partial charge is 0.488 e. The van der Waals surface area contributed by atoms with Gasteiger partial charge in [-0.25, -0.2) is 4.98 Å². The van der Waals surface area contributed by atoms with Crippen molar-refractivity contribution in [3.8, 4) is 5.75 Å². The minimum Gasteiger partial charge on any atom is -0.488 e. The van der Waals surface area contributed by atoms with E-state index in [-0.39, 0.29) is 0 Å². The Balaban J connectivity index is 1.34. The highest BCUT2D eigenvalue weighted by Gasteiger charge is 2.21. The van der Waals surface area contributed by atoms with Gasteiger partial charge in [-0.3, -0.25) is 0 Å². The third-order valence-electron chi connectivity index (χ3n) is 5.45. The molecule has 2 aromatic carbocycles. The van der Waals surface area contributed by atoms with Crippen LogP contribution in [0.2, 0.25) is 0 Å². The molecule has 0 atom stereocenters. The highest BCUT2D eigenvalue weighted by molar-refractivity contribution is 5.86. The van der Waals surface area contributed by atoms with Gasteiger partial charge < -0.3 is 14.2 Å². The molecule has 158 valence electrons. The van der Waals surface area contributed by atoms with Crippen LogP contribution in [0.1, 0.15) is 48.9 Å². The number of nitrogens with zero attached hydrogens (tertiary/aromatic N) is 1. The Kier molecular flexibility index (Phi) is 7.33. The molecule has 0 spiro atoms. The van der Waals surface area contributed by atoms with Crippen molar-refractivity contribution >= 4 is 10.9 Å². The molecule has 4 rings (SSSR count). The highest BCUT2D eigenvalue weighted by atomic mass is 16.5. The van der Waals surface area contributed by atoms with Crippen LogP contribution in [-0.2, 0) is 22.7 Å². The second kappa shape index (κ2) is 10.6. The first-order valence-corrected chi connectivity index (χ1v) is 11.1. The normalized spacial score (nSPS) is 13.6. The number of benzene rings is 2. The zero-order valence-corrected chi connectivity index (χ0v) is 17.8. The van der Waals surface area contributed by atoms with E-state index in [1.165, 1.54) is 12.8 Å². The van der Waals surface area contributed by atoms with Crippen molar-refractivity contribution in [2.75, 3.05) is 13.2 Å². The van der Waals surface area contributed by atoms with Crippen LogP contribution >= 0.6 is 0 Å². The number of hydrogen-bond donors (Lipinski definition) is 0. The molecule has 1 aromatic heterocycles. The maximum absolute atomic E-state index is 6.26. The molecule has 3 aromatic rings. The third-order valence-corrected chi connectivity index (χ3v) is 5.45. The smallest absolute Gasteiger partial charge is 0.134 e. The number of unbranched alkanes of at least 4 members (excludes halogenated alkanes) is 2. The van der Waals surface area contributed by atoms with Gasteiger partial charge in [0.1, 0.15) is 12.4 Å². The lowest BCUT2D eigenvalue weighted by atomic mass is 10.1. The van der Waals surface area contributed by atoms with Crippen LogP contribution in [0.3, 0.4) is 0 Å². The van der Waals surface area contributed by atoms with Crippen molar-refractivity contribution in [2.24, 2.45) is 0 Å². The minimum absolute atomic E-state index is 0.511. The fourth-order valence-electron chi connectivity index (χ4n) is 3.52. The van der Waals surface area contributed by atoms with E-state index < -0.39 is 0 Å². The molecule has 1 fully saturated rings. The van der Waals surface area contributed by atoms with Gasteiger partial charge in [0.2, 0.25) is 0 Å². The van der Waals surface area contributed by atoms with E-state index in [4.69, 9.17) is 19.2 Å². The number of fused-ring (bicyclic) bond motifs is 1. The number of ether oxygens (including phenoxy) is 3. The lowest BCUT2D eigenvalue weighted by Crippen LogP contribution is -2.05. The molecular formula is C26H31NO3. The third kappa shape index (κ3) is 5.80. The molecule has 1 heterocycles. The monoisotopic (exact) mass is 405 g/mol. The summed E-state index contributed by atoms with van der Waals surface area (Å²) >= 11 is 0. The molecule has 0 saturated heterocycles. The SMILES string of the molecule is Cc1c(COCCCCCOC2CC2)nc2ccccc2c1OCc1ccccc1. The summed E-state index contributed by atoms with van der Waals surface area (Å²) in [5.41, 5.74) is 4.11. The molecule has 0 bridgehead atoms. The summed E-state index contributed by atoms with van der Waals surface area (Å²) in [7, 11) is 0. The summed E-state index contributed by atoms with van der Waals surface area (Å²) < 4.78 is 17.9. The Morgan fingerprint density at radius 1 is 0.867 bits per heavy atom. The topological polar surface area (TPSA) is 40.6 Å². The second-order valence-corrected chi connectivity index (χ2v) is 7.99. The van der Waals surface area contributed by atoms with Crippen LogP contribution in [-0.4, -0.2) is 24.3 Å². The van der Waals surface area contributed by atoms with Gasteiger partial charge >= 0.3 is 0 Å². The second-order valence-electron chi connectivity index (χ2n) is 7.99. The lowest BCUT2D eigenvalue weighted by Gasteiger charge is -2.16. The van der Waals surface area contributed by atoms with E-state index in [0.29, 0.717) is 19.3 Å². The van der Waals surface area contributed by atoms with E-state index in [2.05, 4.69) is 25.1 Å². The van der Waals surface area contributed by atoms with E-state index in [1.54, 1.807) is 0 Å². The molecule has 4 nitrogen and oxygen atoms in total. The molecule has 1 aliphatic carbocycles. The average Bonchev–Trinajstić information content (AvgIpc) is 3.60. The fraction of sp³-hybridized carbons (Fsp3) is 0.423. The van der Waals surface area contributed by atoms with Crippen molar-refractivity contribution < 1.29 is 14.2 Å². The Labute approximate surface area is 179 Å². The molecule has 1 saturated carbocycles. The number of para-hydroxylation sites is 1. The van der Waals surface area contributed by atoms with Crippen LogP contribution in [0, 0.1) is 6.92 Å². The van der Waals surface area contributed by atoms with Crippen LogP contribution in [0.15, 0.2) is 54.6 Å². The van der Waals surface area contributed by atoms with Crippen molar-refractivity contribution in [1.29, 1.82) is 0 Å². The van der Waals surface area contributed by atoms with Gasteiger partial charge in [0.25, 0.3) is 0 Å². The van der Waals surface area contributed by atoms with Gasteiger partial charge in [0.15, 0.2) is 0 Å². The van der Waals surface area contributed by atoms with Gasteiger partial charge in [-0.15, -0.1) is 0 Å². The van der Waals surface area contributed by atoms with Crippen molar-refractivity contribution in [1.82, 2.24) is 4.98 Å². The molecule has 0 aliphatic heterocycles. The molecule has 0 unspecified atom stereocenters. The summed E-state index contributed by atoms with van der Waals surface area (Å²) in [5.74, 6) is 0.903. The molecule has 0 radical (unpaired) electrons. The standard InChI is InChI=1S/C26H31NO3/c1-20-25(19-28-16-8-3-9-17-29-22-14-15-22)27-24-13-7-6-12-23(24)26(20)30-18-21-10-4-2-5-11-21/h2,4-7,10-13,22H,3,8-9,14-19H2,1H3. The van der Waals surface area contributed by atoms with Crippen LogP contribution in [0.25, 0.3) is 10.9 Å². The van der Waals surface area contributed by atoms with E-state index >= 15 is 0 Å². The quantitative estimate of drug-likeness (QED) is 0.347. The predicted octanol–water partition coefficient (Wildman–Crippen LogP) is 5.99. The van der Waals surface area contributed by atoms with Crippen LogP contribution in [0.5, 0.6) is 5.75 Å². The van der Waals surface area contributed by atoms with Gasteiger partial charge in [0, 0.05) is 24.2 Å². The van der Waals surface area contributed by atoms with E-state index in [0.717, 1.165) is 65.9 Å². The first kappa shape index (κ1) is 20.8. The zero-order chi connectivity index (χ0) is 20.6. The first-order valence-electron chi connectivity index (χ1n) is 11.1. The molecular weight excluding hydrogens is 374 g/mol. The maximum atomic E-state index is 6.26. The fourth-order valence-corrected chi connectivity index (χ4v) is 3.52. The molecule has 4 heteroatoms. The van der Waals surface area contributed by atoms with Crippen molar-refractivity contribution in [3.05, 3.63) is 71.4 Å². The predicted molar refractivity (Wildman–Crippen MR) is 120 cm³/mol. The van der Waals surface area contributed by atoms with Crippen LogP contribution < -0.4 is 4.74 Å². The number of rotatable bonds is 12. The summed E-state index contributed by atoms with van der Waals surface area (Å²) in [6, 6.07) is 18.4. The average molecular weight is 406 g/mol. The Morgan fingerprint density at radius 2 is 1.63 bits per heavy atom. The summed E-state index contributed by atoms with van der Waals surface area (Å²) in [4.78, 5) is 4.84. The first-order chi connectivity index (χ1) is 14.8. The lowest BCUT2D eigenvalue weighted by molar-refractivity contribution is 0.0997. The Bertz CT molecular complexity index is 938. The summed E-state index contributed by atoms with van der Waals surface area (Å²) in [6.45, 7) is 4.76. The van der Waals surface area contributed by atoms with Gasteiger partial charge in [-0.2, -0.15) is 0 Å². The van der Waals surface area contributed by atoms with Gasteiger partial charge in [-0.05, 0) is 56.7 Å². The van der Waals surface area contributed by atoms with Gasteiger partial charge in [0.05, 0.1) is 23.9 Å². The van der Waals surface area contributed by atoms with Crippen LogP contribution in [0.4, 0.5) is 0 Å². The summed E-state index contributed by atoms with van der Waals surface area (Å²) in [5, 5.41) is 1.05. The van der Waals surface area contributed by atoms with E-state index in [9.17, 15) is 0 Å². The summed E-state index contributed by atoms with van der Waals surface area (Å²) in [6.07, 6.45) is 6.36. The highest BCUT2D eigenvalue weighted by Crippen LogP contribution is 2.31. The molecule has 30 heavy (non-hydrogen) atoms. The zero-order valence-electron chi connectivity index (χ0n) is 17.8. The molecule has 1 aliphatic rings. The molecule has 0 amide bonds. The van der Waals surface area contributed by atoms with Gasteiger partial charge in [-0.1, -0.05) is 42.5 Å². The van der Waals surface area contributed by atoms with Crippen molar-refractivity contribution in [3.63, 3.8) is 0 Å². The Hall–Kier alpha value is -2.43. The van der Waals surface area contributed by atoms with E-state index in [1.807, 2.05) is 36.4 Å². The number of pyridine rings is 1. The number of aromatic nitrogens is 1. The number of hydrogen-bond acceptors (Lipinski definition) is 4. The minimum atomic E-state index is 0.511. The Morgan fingerprint density at radius 3 is 2.47 bits per heavy atom.